The smallest absolute Gasteiger partial charge is 0.121 e. The van der Waals surface area contributed by atoms with Gasteiger partial charge in [0.1, 0.15) is 5.75 Å². The molecule has 0 aliphatic heterocycles. The maximum atomic E-state index is 9.74. The number of aryl methyl sites for hydroxylation is 2. The second-order valence-corrected chi connectivity index (χ2v) is 5.15. The third kappa shape index (κ3) is 3.01. The van der Waals surface area contributed by atoms with Crippen molar-refractivity contribution in [3.63, 3.8) is 0 Å². The van der Waals surface area contributed by atoms with Gasteiger partial charge in [-0.2, -0.15) is 0 Å². The third-order valence-corrected chi connectivity index (χ3v) is 3.54. The van der Waals surface area contributed by atoms with Crippen LogP contribution < -0.4 is 0 Å². The predicted octanol–water partition coefficient (Wildman–Crippen LogP) is 4.55. The highest BCUT2D eigenvalue weighted by Gasteiger charge is 2.12. The van der Waals surface area contributed by atoms with E-state index in [-0.39, 0.29) is 0 Å². The van der Waals surface area contributed by atoms with Gasteiger partial charge in [0.15, 0.2) is 0 Å². The number of hydrogen-bond acceptors (Lipinski definition) is 1. The van der Waals surface area contributed by atoms with Crippen molar-refractivity contribution >= 4 is 0 Å². The van der Waals surface area contributed by atoms with E-state index in [0.29, 0.717) is 11.7 Å². The Morgan fingerprint density at radius 1 is 1.12 bits per heavy atom. The van der Waals surface area contributed by atoms with Crippen molar-refractivity contribution in [3.05, 3.63) is 28.8 Å². The van der Waals surface area contributed by atoms with Crippen molar-refractivity contribution in [2.24, 2.45) is 5.92 Å². The van der Waals surface area contributed by atoms with E-state index < -0.39 is 0 Å². The lowest BCUT2D eigenvalue weighted by Gasteiger charge is -2.18. The number of aromatic hydroxyl groups is 1. The molecule has 2 atom stereocenters. The van der Waals surface area contributed by atoms with Crippen molar-refractivity contribution in [1.29, 1.82) is 0 Å². The van der Waals surface area contributed by atoms with Crippen molar-refractivity contribution in [2.45, 2.75) is 53.4 Å². The van der Waals surface area contributed by atoms with Crippen LogP contribution in [0.3, 0.4) is 0 Å². The standard InChI is InChI=1S/C15H24O/c1-6-10(2)7-11(3)14-8-12(4)15(16)13(5)9-14/h8-11,16H,6-7H2,1-5H3. The first-order valence-corrected chi connectivity index (χ1v) is 6.25. The molecule has 1 rings (SSSR count). The van der Waals surface area contributed by atoms with E-state index in [1.54, 1.807) is 0 Å². The van der Waals surface area contributed by atoms with E-state index in [4.69, 9.17) is 0 Å². The molecule has 90 valence electrons. The molecule has 0 aromatic heterocycles. The first-order valence-electron chi connectivity index (χ1n) is 6.25. The second kappa shape index (κ2) is 5.38. The van der Waals surface area contributed by atoms with Crippen LogP contribution in [-0.4, -0.2) is 5.11 Å². The molecule has 16 heavy (non-hydrogen) atoms. The number of phenolic OH excluding ortho intramolecular Hbond substituents is 1. The summed E-state index contributed by atoms with van der Waals surface area (Å²) in [5, 5.41) is 9.74. The summed E-state index contributed by atoms with van der Waals surface area (Å²) >= 11 is 0. The monoisotopic (exact) mass is 220 g/mol. The first-order chi connectivity index (χ1) is 7.45. The van der Waals surface area contributed by atoms with Gasteiger partial charge in [0.05, 0.1) is 0 Å². The summed E-state index contributed by atoms with van der Waals surface area (Å²) in [5.74, 6) is 1.79. The van der Waals surface area contributed by atoms with Crippen LogP contribution in [0.15, 0.2) is 12.1 Å². The molecule has 0 aliphatic rings. The van der Waals surface area contributed by atoms with Crippen molar-refractivity contribution in [2.75, 3.05) is 0 Å². The molecule has 0 radical (unpaired) electrons. The second-order valence-electron chi connectivity index (χ2n) is 5.15. The molecule has 0 aliphatic carbocycles. The summed E-state index contributed by atoms with van der Waals surface area (Å²) in [4.78, 5) is 0. The summed E-state index contributed by atoms with van der Waals surface area (Å²) < 4.78 is 0. The summed E-state index contributed by atoms with van der Waals surface area (Å²) in [7, 11) is 0. The highest BCUT2D eigenvalue weighted by atomic mass is 16.3. The fourth-order valence-electron chi connectivity index (χ4n) is 2.18. The summed E-state index contributed by atoms with van der Waals surface area (Å²) in [6, 6.07) is 4.24. The molecule has 0 fully saturated rings. The molecular formula is C15H24O. The molecule has 0 saturated carbocycles. The van der Waals surface area contributed by atoms with Crippen molar-refractivity contribution in [1.82, 2.24) is 0 Å². The summed E-state index contributed by atoms with van der Waals surface area (Å²) in [6.07, 6.45) is 2.46. The molecule has 1 N–H and O–H groups in total. The van der Waals surface area contributed by atoms with Gasteiger partial charge in [0.2, 0.25) is 0 Å². The Kier molecular flexibility index (Phi) is 4.40. The van der Waals surface area contributed by atoms with Crippen molar-refractivity contribution < 1.29 is 5.11 Å². The van der Waals surface area contributed by atoms with E-state index in [1.807, 2.05) is 13.8 Å². The van der Waals surface area contributed by atoms with E-state index in [0.717, 1.165) is 17.0 Å². The molecule has 0 amide bonds. The van der Waals surface area contributed by atoms with Crippen molar-refractivity contribution in [3.8, 4) is 5.75 Å². The quantitative estimate of drug-likeness (QED) is 0.789. The van der Waals surface area contributed by atoms with E-state index >= 15 is 0 Å². The maximum absolute atomic E-state index is 9.74. The largest absolute Gasteiger partial charge is 0.507 e. The van der Waals surface area contributed by atoms with Gasteiger partial charge in [-0.05, 0) is 48.8 Å². The normalized spacial score (nSPS) is 14.8. The zero-order chi connectivity index (χ0) is 12.3. The number of benzene rings is 1. The average Bonchev–Trinajstić information content (AvgIpc) is 2.24. The highest BCUT2D eigenvalue weighted by Crippen LogP contribution is 2.30. The van der Waals surface area contributed by atoms with E-state index in [9.17, 15) is 5.11 Å². The molecule has 1 heteroatoms. The fourth-order valence-corrected chi connectivity index (χ4v) is 2.18. The van der Waals surface area contributed by atoms with Crippen LogP contribution in [0, 0.1) is 19.8 Å². The number of rotatable bonds is 4. The van der Waals surface area contributed by atoms with Gasteiger partial charge < -0.3 is 5.11 Å². The lowest BCUT2D eigenvalue weighted by Crippen LogP contribution is -2.02. The lowest BCUT2D eigenvalue weighted by molar-refractivity contribution is 0.461. The maximum Gasteiger partial charge on any atom is 0.121 e. The first kappa shape index (κ1) is 13.1. The zero-order valence-electron chi connectivity index (χ0n) is 11.2. The molecule has 1 aromatic carbocycles. The molecular weight excluding hydrogens is 196 g/mol. The minimum absolute atomic E-state index is 0.444. The van der Waals surface area contributed by atoms with Gasteiger partial charge in [0, 0.05) is 0 Å². The van der Waals surface area contributed by atoms with Crippen LogP contribution in [0.4, 0.5) is 0 Å². The third-order valence-electron chi connectivity index (χ3n) is 3.54. The molecule has 2 unspecified atom stereocenters. The van der Waals surface area contributed by atoms with Gasteiger partial charge >= 0.3 is 0 Å². The topological polar surface area (TPSA) is 20.2 Å². The average molecular weight is 220 g/mol. The predicted molar refractivity (Wildman–Crippen MR) is 70.1 cm³/mol. The minimum atomic E-state index is 0.444. The van der Waals surface area contributed by atoms with E-state index in [2.05, 4.69) is 32.9 Å². The van der Waals surface area contributed by atoms with Crippen LogP contribution in [-0.2, 0) is 0 Å². The summed E-state index contributed by atoms with van der Waals surface area (Å²) in [5.41, 5.74) is 3.34. The molecule has 0 heterocycles. The Labute approximate surface area is 99.5 Å². The van der Waals surface area contributed by atoms with Gasteiger partial charge in [-0.1, -0.05) is 39.3 Å². The zero-order valence-corrected chi connectivity index (χ0v) is 11.2. The highest BCUT2D eigenvalue weighted by molar-refractivity contribution is 5.43. The van der Waals surface area contributed by atoms with Gasteiger partial charge in [-0.3, -0.25) is 0 Å². The Morgan fingerprint density at radius 3 is 2.06 bits per heavy atom. The van der Waals surface area contributed by atoms with Gasteiger partial charge in [-0.15, -0.1) is 0 Å². The molecule has 1 nitrogen and oxygen atoms in total. The van der Waals surface area contributed by atoms with E-state index in [1.165, 1.54) is 18.4 Å². The van der Waals surface area contributed by atoms with Crippen LogP contribution >= 0.6 is 0 Å². The SMILES string of the molecule is CCC(C)CC(C)c1cc(C)c(O)c(C)c1. The molecule has 1 aromatic rings. The van der Waals surface area contributed by atoms with Gasteiger partial charge in [-0.25, -0.2) is 0 Å². The minimum Gasteiger partial charge on any atom is -0.507 e. The number of phenols is 1. The van der Waals surface area contributed by atoms with Crippen LogP contribution in [0.1, 0.15) is 56.2 Å². The Balaban J connectivity index is 2.88. The van der Waals surface area contributed by atoms with Crippen LogP contribution in [0.2, 0.25) is 0 Å². The molecule has 0 bridgehead atoms. The Morgan fingerprint density at radius 2 is 1.62 bits per heavy atom. The van der Waals surface area contributed by atoms with Crippen LogP contribution in [0.5, 0.6) is 5.75 Å². The molecule has 0 saturated heterocycles. The number of hydrogen-bond donors (Lipinski definition) is 1. The van der Waals surface area contributed by atoms with Crippen LogP contribution in [0.25, 0.3) is 0 Å². The fraction of sp³-hybridized carbons (Fsp3) is 0.600. The lowest BCUT2D eigenvalue weighted by atomic mass is 9.88. The Hall–Kier alpha value is -0.980. The summed E-state index contributed by atoms with van der Waals surface area (Å²) in [6.45, 7) is 10.8. The molecule has 0 spiro atoms. The van der Waals surface area contributed by atoms with Gasteiger partial charge in [0.25, 0.3) is 0 Å². The Bertz CT molecular complexity index is 331.